The molecule has 4 aromatic heterocycles. The molecule has 0 spiro atoms. The fourth-order valence-electron chi connectivity index (χ4n) is 4.49. The standard InChI is InChI=1S/C29H24N6O/c1-3-27(36)33-26-11-10-19(15-30-26)20-13-23-28(34-35-29(23)31-16-20)25-14-22-21(8-5-9-24(22)32-25)18-7-4-6-17(2)12-18/h4-16,32H,3H2,1-2H3,(H,30,33,36)(H,31,34,35). The largest absolute Gasteiger partial charge is 0.353 e. The Hall–Kier alpha value is -4.78. The average Bonchev–Trinajstić information content (AvgIpc) is 3.52. The van der Waals surface area contributed by atoms with Gasteiger partial charge in [0.1, 0.15) is 5.82 Å². The number of nitrogens with zero attached hydrogens (tertiary/aromatic N) is 3. The third-order valence-corrected chi connectivity index (χ3v) is 6.36. The number of fused-ring (bicyclic) bond motifs is 2. The number of aromatic amines is 2. The van der Waals surface area contributed by atoms with Crippen LogP contribution in [-0.2, 0) is 4.79 Å². The first-order valence-corrected chi connectivity index (χ1v) is 11.9. The molecule has 0 saturated carbocycles. The Morgan fingerprint density at radius 2 is 1.75 bits per heavy atom. The fraction of sp³-hybridized carbons (Fsp3) is 0.103. The lowest BCUT2D eigenvalue weighted by atomic mass is 10.00. The number of carbonyl (C=O) groups excluding carboxylic acids is 1. The van der Waals surface area contributed by atoms with E-state index < -0.39 is 0 Å². The van der Waals surface area contributed by atoms with Crippen LogP contribution in [0.1, 0.15) is 18.9 Å². The molecule has 0 radical (unpaired) electrons. The molecule has 1 amide bonds. The zero-order chi connectivity index (χ0) is 24.6. The van der Waals surface area contributed by atoms with Crippen molar-refractivity contribution in [2.24, 2.45) is 0 Å². The van der Waals surface area contributed by atoms with E-state index in [4.69, 9.17) is 0 Å². The van der Waals surface area contributed by atoms with E-state index in [1.807, 2.05) is 13.0 Å². The summed E-state index contributed by atoms with van der Waals surface area (Å²) in [6.07, 6.45) is 3.94. The Morgan fingerprint density at radius 1 is 0.889 bits per heavy atom. The lowest BCUT2D eigenvalue weighted by molar-refractivity contribution is -0.115. The molecule has 36 heavy (non-hydrogen) atoms. The first kappa shape index (κ1) is 21.7. The number of pyridine rings is 2. The van der Waals surface area contributed by atoms with Gasteiger partial charge in [0.25, 0.3) is 0 Å². The van der Waals surface area contributed by atoms with Gasteiger partial charge in [0, 0.05) is 46.2 Å². The van der Waals surface area contributed by atoms with Gasteiger partial charge < -0.3 is 10.3 Å². The van der Waals surface area contributed by atoms with Gasteiger partial charge in [0.2, 0.25) is 5.91 Å². The van der Waals surface area contributed by atoms with Gasteiger partial charge in [-0.05, 0) is 48.4 Å². The number of benzene rings is 2. The summed E-state index contributed by atoms with van der Waals surface area (Å²) in [7, 11) is 0. The summed E-state index contributed by atoms with van der Waals surface area (Å²) in [6.45, 7) is 3.92. The number of hydrogen-bond acceptors (Lipinski definition) is 4. The van der Waals surface area contributed by atoms with E-state index in [1.54, 1.807) is 18.5 Å². The van der Waals surface area contributed by atoms with E-state index in [-0.39, 0.29) is 5.91 Å². The van der Waals surface area contributed by atoms with Crippen molar-refractivity contribution in [2.45, 2.75) is 20.3 Å². The van der Waals surface area contributed by atoms with Crippen LogP contribution in [0.15, 0.2) is 79.1 Å². The molecule has 0 aliphatic rings. The number of amides is 1. The van der Waals surface area contributed by atoms with Crippen molar-refractivity contribution in [3.05, 3.63) is 84.7 Å². The molecule has 2 aromatic carbocycles. The van der Waals surface area contributed by atoms with Crippen LogP contribution in [0.4, 0.5) is 5.82 Å². The Kier molecular flexibility index (Phi) is 5.30. The predicted molar refractivity (Wildman–Crippen MR) is 144 cm³/mol. The SMILES string of the molecule is CCC(=O)Nc1ccc(-c2cnc3n[nH]c(-c4cc5c(-c6cccc(C)c6)cccc5[nH]4)c3c2)cn1. The molecule has 6 rings (SSSR count). The number of anilines is 1. The summed E-state index contributed by atoms with van der Waals surface area (Å²) in [5, 5.41) is 12.4. The van der Waals surface area contributed by atoms with Crippen molar-refractivity contribution in [1.29, 1.82) is 0 Å². The molecule has 7 nitrogen and oxygen atoms in total. The highest BCUT2D eigenvalue weighted by molar-refractivity contribution is 6.01. The molecule has 0 unspecified atom stereocenters. The van der Waals surface area contributed by atoms with E-state index in [2.05, 4.69) is 92.0 Å². The van der Waals surface area contributed by atoms with Crippen LogP contribution in [0.2, 0.25) is 0 Å². The first-order chi connectivity index (χ1) is 17.6. The van der Waals surface area contributed by atoms with E-state index in [0.717, 1.165) is 38.8 Å². The zero-order valence-corrected chi connectivity index (χ0v) is 20.0. The summed E-state index contributed by atoms with van der Waals surface area (Å²) in [5.74, 6) is 0.469. The minimum atomic E-state index is -0.0646. The number of carbonyl (C=O) groups is 1. The van der Waals surface area contributed by atoms with Crippen LogP contribution in [0.3, 0.4) is 0 Å². The number of H-pyrrole nitrogens is 2. The molecule has 0 bridgehead atoms. The second-order valence-electron chi connectivity index (χ2n) is 8.85. The van der Waals surface area contributed by atoms with Gasteiger partial charge in [-0.1, -0.05) is 48.9 Å². The Morgan fingerprint density at radius 3 is 2.56 bits per heavy atom. The molecule has 176 valence electrons. The molecule has 0 saturated heterocycles. The summed E-state index contributed by atoms with van der Waals surface area (Å²) >= 11 is 0. The van der Waals surface area contributed by atoms with E-state index >= 15 is 0 Å². The number of rotatable bonds is 5. The van der Waals surface area contributed by atoms with Gasteiger partial charge in [0.15, 0.2) is 5.65 Å². The van der Waals surface area contributed by atoms with E-state index in [1.165, 1.54) is 16.7 Å². The predicted octanol–water partition coefficient (Wildman–Crippen LogP) is 6.49. The average molecular weight is 473 g/mol. The molecule has 3 N–H and O–H groups in total. The molecular weight excluding hydrogens is 448 g/mol. The second-order valence-corrected chi connectivity index (χ2v) is 8.85. The van der Waals surface area contributed by atoms with Crippen molar-refractivity contribution in [1.82, 2.24) is 25.1 Å². The van der Waals surface area contributed by atoms with Gasteiger partial charge in [-0.3, -0.25) is 9.89 Å². The minimum Gasteiger partial charge on any atom is -0.353 e. The number of hydrogen-bond donors (Lipinski definition) is 3. The zero-order valence-electron chi connectivity index (χ0n) is 20.0. The fourth-order valence-corrected chi connectivity index (χ4v) is 4.49. The molecule has 0 aliphatic carbocycles. The van der Waals surface area contributed by atoms with Gasteiger partial charge in [-0.25, -0.2) is 9.97 Å². The lowest BCUT2D eigenvalue weighted by Gasteiger charge is -2.05. The van der Waals surface area contributed by atoms with Crippen LogP contribution in [-0.4, -0.2) is 31.1 Å². The Bertz CT molecular complexity index is 1730. The lowest BCUT2D eigenvalue weighted by Crippen LogP contribution is -2.10. The Balaban J connectivity index is 1.40. The topological polar surface area (TPSA) is 99.4 Å². The highest BCUT2D eigenvalue weighted by Gasteiger charge is 2.15. The van der Waals surface area contributed by atoms with Crippen LogP contribution >= 0.6 is 0 Å². The van der Waals surface area contributed by atoms with Crippen LogP contribution < -0.4 is 5.32 Å². The van der Waals surface area contributed by atoms with Gasteiger partial charge in [0.05, 0.1) is 11.4 Å². The number of nitrogens with one attached hydrogen (secondary N) is 3. The van der Waals surface area contributed by atoms with Crippen molar-refractivity contribution < 1.29 is 4.79 Å². The minimum absolute atomic E-state index is 0.0646. The number of aryl methyl sites for hydroxylation is 1. The van der Waals surface area contributed by atoms with E-state index in [9.17, 15) is 4.79 Å². The molecule has 7 heteroatoms. The third-order valence-electron chi connectivity index (χ3n) is 6.36. The van der Waals surface area contributed by atoms with Gasteiger partial charge in [-0.15, -0.1) is 0 Å². The molecule has 6 aromatic rings. The summed E-state index contributed by atoms with van der Waals surface area (Å²) in [5.41, 5.74) is 8.96. The first-order valence-electron chi connectivity index (χ1n) is 11.9. The monoisotopic (exact) mass is 472 g/mol. The van der Waals surface area contributed by atoms with Crippen molar-refractivity contribution in [3.8, 4) is 33.6 Å². The summed E-state index contributed by atoms with van der Waals surface area (Å²) in [4.78, 5) is 24.1. The highest BCUT2D eigenvalue weighted by atomic mass is 16.1. The van der Waals surface area contributed by atoms with Gasteiger partial charge >= 0.3 is 0 Å². The third kappa shape index (κ3) is 3.90. The maximum atomic E-state index is 11.6. The van der Waals surface area contributed by atoms with Crippen molar-refractivity contribution in [3.63, 3.8) is 0 Å². The maximum absolute atomic E-state index is 11.6. The second kappa shape index (κ2) is 8.78. The van der Waals surface area contributed by atoms with E-state index in [0.29, 0.717) is 17.9 Å². The molecule has 0 fully saturated rings. The van der Waals surface area contributed by atoms with Crippen molar-refractivity contribution >= 4 is 33.7 Å². The summed E-state index contributed by atoms with van der Waals surface area (Å²) in [6, 6.07) is 22.8. The number of aromatic nitrogens is 5. The normalized spacial score (nSPS) is 11.3. The van der Waals surface area contributed by atoms with Crippen LogP contribution in [0.5, 0.6) is 0 Å². The Labute approximate surface area is 207 Å². The van der Waals surface area contributed by atoms with Crippen LogP contribution in [0.25, 0.3) is 55.6 Å². The molecular formula is C29H24N6O. The summed E-state index contributed by atoms with van der Waals surface area (Å²) < 4.78 is 0. The molecule has 4 heterocycles. The highest BCUT2D eigenvalue weighted by Crippen LogP contribution is 2.35. The van der Waals surface area contributed by atoms with Crippen LogP contribution in [0, 0.1) is 6.92 Å². The van der Waals surface area contributed by atoms with Gasteiger partial charge in [-0.2, -0.15) is 5.10 Å². The quantitative estimate of drug-likeness (QED) is 0.267. The molecule has 0 atom stereocenters. The maximum Gasteiger partial charge on any atom is 0.225 e. The van der Waals surface area contributed by atoms with Crippen molar-refractivity contribution in [2.75, 3.05) is 5.32 Å². The smallest absolute Gasteiger partial charge is 0.225 e. The molecule has 0 aliphatic heterocycles.